The van der Waals surface area contributed by atoms with Crippen LogP contribution in [0.25, 0.3) is 0 Å². The number of hydrogen-bond acceptors (Lipinski definition) is 5. The molecule has 1 aromatic heterocycles. The molecule has 0 aromatic carbocycles. The van der Waals surface area contributed by atoms with Gasteiger partial charge < -0.3 is 15.3 Å². The predicted molar refractivity (Wildman–Crippen MR) is 57.8 cm³/mol. The number of aliphatic hydroxyl groups excluding tert-OH is 3. The number of halogens is 1. The highest BCUT2D eigenvalue weighted by Crippen LogP contribution is 2.36. The van der Waals surface area contributed by atoms with Crippen molar-refractivity contribution >= 4 is 0 Å². The number of rotatable bonds is 2. The van der Waals surface area contributed by atoms with Crippen molar-refractivity contribution in [2.75, 3.05) is 6.61 Å². The molecule has 5 atom stereocenters. The molecule has 4 N–H and O–H groups in total. The van der Waals surface area contributed by atoms with E-state index in [0.29, 0.717) is 0 Å². The second kappa shape index (κ2) is 4.63. The number of nitrogens with one attached hydrogen (secondary N) is 1. The monoisotopic (exact) mass is 260 g/mol. The van der Waals surface area contributed by atoms with Gasteiger partial charge in [-0.3, -0.25) is 14.3 Å². The highest BCUT2D eigenvalue weighted by Gasteiger charge is 2.50. The Kier molecular flexibility index (Phi) is 3.33. The van der Waals surface area contributed by atoms with Gasteiger partial charge in [-0.2, -0.15) is 0 Å². The number of H-pyrrole nitrogens is 1. The highest BCUT2D eigenvalue weighted by atomic mass is 19.1. The topological polar surface area (TPSA) is 116 Å². The van der Waals surface area contributed by atoms with Crippen LogP contribution in [0.3, 0.4) is 0 Å². The minimum atomic E-state index is -1.79. The zero-order valence-electron chi connectivity index (χ0n) is 9.23. The number of alkyl halides is 1. The lowest BCUT2D eigenvalue weighted by atomic mass is 10.1. The molecular formula is C10H13FN2O5. The van der Waals surface area contributed by atoms with E-state index < -0.39 is 48.2 Å². The number of aliphatic hydroxyl groups is 3. The smallest absolute Gasteiger partial charge is 0.328 e. The molecule has 100 valence electrons. The van der Waals surface area contributed by atoms with Gasteiger partial charge in [0.1, 0.15) is 12.3 Å². The van der Waals surface area contributed by atoms with Crippen LogP contribution in [0.2, 0.25) is 0 Å². The third kappa shape index (κ3) is 1.88. The lowest BCUT2D eigenvalue weighted by molar-refractivity contribution is -0.00561. The molecule has 18 heavy (non-hydrogen) atoms. The molecule has 1 aliphatic carbocycles. The van der Waals surface area contributed by atoms with Crippen LogP contribution in [0.5, 0.6) is 0 Å². The molecule has 1 heterocycles. The molecule has 1 fully saturated rings. The van der Waals surface area contributed by atoms with Gasteiger partial charge in [0.05, 0.1) is 18.8 Å². The van der Waals surface area contributed by atoms with Gasteiger partial charge in [-0.1, -0.05) is 0 Å². The Labute approximate surface area is 100 Å². The standard InChI is InChI=1S/C10H13FN2O5/c11-6-4(3-14)8(16)9(17)7(6)13-2-1-5(15)12-10(13)18/h1-2,4,6-9,14,16-17H,3H2,(H,12,15,18). The first-order chi connectivity index (χ1) is 8.47. The summed E-state index contributed by atoms with van der Waals surface area (Å²) in [5, 5.41) is 28.2. The highest BCUT2D eigenvalue weighted by molar-refractivity contribution is 5.03. The van der Waals surface area contributed by atoms with Gasteiger partial charge in [-0.15, -0.1) is 0 Å². The summed E-state index contributed by atoms with van der Waals surface area (Å²) in [5.74, 6) is -1.16. The predicted octanol–water partition coefficient (Wildman–Crippen LogP) is -2.24. The summed E-state index contributed by atoms with van der Waals surface area (Å²) in [5.41, 5.74) is -1.52. The minimum Gasteiger partial charge on any atom is -0.396 e. The summed E-state index contributed by atoms with van der Waals surface area (Å²) in [6.45, 7) is -0.645. The normalized spacial score (nSPS) is 35.9. The Morgan fingerprint density at radius 2 is 2.00 bits per heavy atom. The van der Waals surface area contributed by atoms with Crippen molar-refractivity contribution in [2.45, 2.75) is 24.4 Å². The third-order valence-corrected chi connectivity index (χ3v) is 3.26. The maximum atomic E-state index is 14.0. The molecule has 2 rings (SSSR count). The Balaban J connectivity index is 2.44. The van der Waals surface area contributed by atoms with Crippen molar-refractivity contribution in [2.24, 2.45) is 5.92 Å². The van der Waals surface area contributed by atoms with Gasteiger partial charge in [0.25, 0.3) is 5.56 Å². The van der Waals surface area contributed by atoms with E-state index in [2.05, 4.69) is 0 Å². The van der Waals surface area contributed by atoms with E-state index in [9.17, 15) is 24.2 Å². The largest absolute Gasteiger partial charge is 0.396 e. The van der Waals surface area contributed by atoms with Crippen LogP contribution in [0.1, 0.15) is 6.04 Å². The molecule has 0 aliphatic heterocycles. The van der Waals surface area contributed by atoms with E-state index in [1.807, 2.05) is 4.98 Å². The summed E-state index contributed by atoms with van der Waals surface area (Å²) in [6, 6.07) is -0.319. The summed E-state index contributed by atoms with van der Waals surface area (Å²) in [6.07, 6.45) is -3.73. The van der Waals surface area contributed by atoms with Gasteiger partial charge in [-0.25, -0.2) is 9.18 Å². The number of aromatic nitrogens is 2. The van der Waals surface area contributed by atoms with Crippen LogP contribution in [0, 0.1) is 5.92 Å². The molecule has 0 spiro atoms. The quantitative estimate of drug-likeness (QED) is 0.480. The fourth-order valence-electron chi connectivity index (χ4n) is 2.27. The molecular weight excluding hydrogens is 247 g/mol. The Hall–Kier alpha value is -1.51. The van der Waals surface area contributed by atoms with Gasteiger partial charge in [0, 0.05) is 18.2 Å². The van der Waals surface area contributed by atoms with Gasteiger partial charge in [0.15, 0.2) is 0 Å². The van der Waals surface area contributed by atoms with Crippen molar-refractivity contribution in [1.82, 2.24) is 9.55 Å². The van der Waals surface area contributed by atoms with Crippen molar-refractivity contribution < 1.29 is 19.7 Å². The van der Waals surface area contributed by atoms with Crippen molar-refractivity contribution in [1.29, 1.82) is 0 Å². The second-order valence-corrected chi connectivity index (χ2v) is 4.28. The molecule has 1 saturated carbocycles. The van der Waals surface area contributed by atoms with E-state index >= 15 is 0 Å². The number of aromatic amines is 1. The Bertz CT molecular complexity index is 542. The van der Waals surface area contributed by atoms with Crippen LogP contribution in [0.4, 0.5) is 4.39 Å². The molecule has 7 nitrogen and oxygen atoms in total. The molecule has 0 saturated heterocycles. The van der Waals surface area contributed by atoms with E-state index in [1.165, 1.54) is 0 Å². The van der Waals surface area contributed by atoms with Gasteiger partial charge >= 0.3 is 5.69 Å². The van der Waals surface area contributed by atoms with E-state index in [1.54, 1.807) is 0 Å². The molecule has 0 amide bonds. The molecule has 8 heteroatoms. The van der Waals surface area contributed by atoms with E-state index in [-0.39, 0.29) is 0 Å². The summed E-state index contributed by atoms with van der Waals surface area (Å²) >= 11 is 0. The van der Waals surface area contributed by atoms with Crippen LogP contribution in [-0.2, 0) is 0 Å². The average Bonchev–Trinajstić information content (AvgIpc) is 2.52. The summed E-state index contributed by atoms with van der Waals surface area (Å²) in [7, 11) is 0. The van der Waals surface area contributed by atoms with Crippen LogP contribution in [0.15, 0.2) is 21.9 Å². The molecule has 1 aromatic rings. The van der Waals surface area contributed by atoms with E-state index in [4.69, 9.17) is 5.11 Å². The maximum Gasteiger partial charge on any atom is 0.328 e. The van der Waals surface area contributed by atoms with Crippen LogP contribution < -0.4 is 11.2 Å². The molecule has 0 bridgehead atoms. The Morgan fingerprint density at radius 3 is 2.50 bits per heavy atom. The lowest BCUT2D eigenvalue weighted by Gasteiger charge is -2.19. The van der Waals surface area contributed by atoms with Crippen molar-refractivity contribution in [3.05, 3.63) is 33.1 Å². The first-order valence-electron chi connectivity index (χ1n) is 5.40. The zero-order valence-corrected chi connectivity index (χ0v) is 9.23. The van der Waals surface area contributed by atoms with Crippen molar-refractivity contribution in [3.8, 4) is 0 Å². The number of hydrogen-bond donors (Lipinski definition) is 4. The summed E-state index contributed by atoms with van der Waals surface area (Å²) < 4.78 is 14.8. The minimum absolute atomic E-state index is 0.640. The number of nitrogens with zero attached hydrogens (tertiary/aromatic N) is 1. The van der Waals surface area contributed by atoms with Gasteiger partial charge in [-0.05, 0) is 0 Å². The second-order valence-electron chi connectivity index (χ2n) is 4.28. The fourth-order valence-corrected chi connectivity index (χ4v) is 2.27. The average molecular weight is 260 g/mol. The van der Waals surface area contributed by atoms with Crippen molar-refractivity contribution in [3.63, 3.8) is 0 Å². The Morgan fingerprint density at radius 1 is 1.33 bits per heavy atom. The first kappa shape index (κ1) is 12.9. The molecule has 1 aliphatic rings. The first-order valence-corrected chi connectivity index (χ1v) is 5.40. The third-order valence-electron chi connectivity index (χ3n) is 3.26. The van der Waals surface area contributed by atoms with Crippen LogP contribution >= 0.6 is 0 Å². The SMILES string of the molecule is O=c1ccn(C2C(O)C(O)C(CO)C2F)c(=O)[nH]1. The van der Waals surface area contributed by atoms with Gasteiger partial charge in [0.2, 0.25) is 0 Å². The molecule has 5 unspecified atom stereocenters. The maximum absolute atomic E-state index is 14.0. The lowest BCUT2D eigenvalue weighted by Crippen LogP contribution is -2.38. The van der Waals surface area contributed by atoms with Crippen LogP contribution in [-0.4, -0.2) is 49.9 Å². The zero-order chi connectivity index (χ0) is 13.4. The molecule has 0 radical (unpaired) electrons. The fraction of sp³-hybridized carbons (Fsp3) is 0.600. The van der Waals surface area contributed by atoms with E-state index in [0.717, 1.165) is 16.8 Å². The summed E-state index contributed by atoms with van der Waals surface area (Å²) in [4.78, 5) is 24.3.